The van der Waals surface area contributed by atoms with Crippen molar-refractivity contribution in [3.63, 3.8) is 0 Å². The van der Waals surface area contributed by atoms with Crippen LogP contribution in [0.3, 0.4) is 0 Å². The first-order valence-corrected chi connectivity index (χ1v) is 5.02. The van der Waals surface area contributed by atoms with Crippen molar-refractivity contribution in [1.82, 2.24) is 10.2 Å². The average Bonchev–Trinajstić information content (AvgIpc) is 2.76. The first-order chi connectivity index (χ1) is 8.99. The largest absolute Gasteiger partial charge is 0.477 e. The van der Waals surface area contributed by atoms with E-state index in [1.165, 1.54) is 0 Å². The fourth-order valence-electron chi connectivity index (χ4n) is 1.40. The molecule has 0 saturated heterocycles. The molecule has 6 nitrogen and oxygen atoms in total. The molecule has 0 aliphatic carbocycles. The molecule has 1 amide bonds. The average molecular weight is 267 g/mol. The highest BCUT2D eigenvalue weighted by atomic mass is 19.1. The second-order valence-corrected chi connectivity index (χ2v) is 3.54. The number of benzene rings is 1. The Morgan fingerprint density at radius 3 is 2.63 bits per heavy atom. The number of hydrogen-bond donors (Lipinski definition) is 3. The molecule has 0 spiro atoms. The van der Waals surface area contributed by atoms with Gasteiger partial charge in [-0.3, -0.25) is 9.89 Å². The standard InChI is InChI=1S/C11H7F2N3O3/c12-5-1-2-6(8(13)3-5)10(17)15-9-7(11(18)19)4-14-16-9/h1-4H,(H,18,19)(H2,14,15,16,17). The third-order valence-corrected chi connectivity index (χ3v) is 2.28. The number of amides is 1. The Hall–Kier alpha value is -2.77. The van der Waals surface area contributed by atoms with E-state index in [9.17, 15) is 18.4 Å². The fourth-order valence-corrected chi connectivity index (χ4v) is 1.40. The molecule has 2 rings (SSSR count). The molecule has 2 aromatic rings. The zero-order valence-corrected chi connectivity index (χ0v) is 9.28. The third-order valence-electron chi connectivity index (χ3n) is 2.28. The highest BCUT2D eigenvalue weighted by Crippen LogP contribution is 2.15. The van der Waals surface area contributed by atoms with Crippen LogP contribution in [0.5, 0.6) is 0 Å². The van der Waals surface area contributed by atoms with Crippen molar-refractivity contribution in [3.8, 4) is 0 Å². The number of aromatic amines is 1. The van der Waals surface area contributed by atoms with Crippen molar-refractivity contribution >= 4 is 17.7 Å². The number of carbonyl (C=O) groups is 2. The number of nitrogens with one attached hydrogen (secondary N) is 2. The lowest BCUT2D eigenvalue weighted by Crippen LogP contribution is -2.16. The number of carbonyl (C=O) groups excluding carboxylic acids is 1. The molecule has 0 saturated carbocycles. The normalized spacial score (nSPS) is 10.2. The predicted octanol–water partition coefficient (Wildman–Crippen LogP) is 1.64. The van der Waals surface area contributed by atoms with Crippen LogP contribution in [0.15, 0.2) is 24.4 Å². The van der Waals surface area contributed by atoms with Gasteiger partial charge in [-0.05, 0) is 12.1 Å². The molecule has 1 aromatic carbocycles. The molecule has 0 aliphatic rings. The van der Waals surface area contributed by atoms with E-state index in [1.807, 2.05) is 0 Å². The molecule has 98 valence electrons. The minimum absolute atomic E-state index is 0.179. The number of halogens is 2. The summed E-state index contributed by atoms with van der Waals surface area (Å²) in [7, 11) is 0. The molecule has 0 atom stereocenters. The summed E-state index contributed by atoms with van der Waals surface area (Å²) in [5, 5.41) is 16.7. The lowest BCUT2D eigenvalue weighted by atomic mass is 10.2. The van der Waals surface area contributed by atoms with E-state index in [0.717, 1.165) is 18.3 Å². The van der Waals surface area contributed by atoms with Gasteiger partial charge in [0.05, 0.1) is 11.8 Å². The zero-order chi connectivity index (χ0) is 14.0. The smallest absolute Gasteiger partial charge is 0.341 e. The molecule has 0 unspecified atom stereocenters. The van der Waals surface area contributed by atoms with Gasteiger partial charge < -0.3 is 10.4 Å². The third kappa shape index (κ3) is 2.57. The van der Waals surface area contributed by atoms with Crippen molar-refractivity contribution in [2.24, 2.45) is 0 Å². The van der Waals surface area contributed by atoms with Gasteiger partial charge in [0.2, 0.25) is 0 Å². The summed E-state index contributed by atoms with van der Waals surface area (Å²) in [5.41, 5.74) is -0.678. The van der Waals surface area contributed by atoms with Crippen LogP contribution in [0.25, 0.3) is 0 Å². The van der Waals surface area contributed by atoms with Gasteiger partial charge in [0.1, 0.15) is 23.0 Å². The summed E-state index contributed by atoms with van der Waals surface area (Å²) >= 11 is 0. The van der Waals surface area contributed by atoms with Crippen molar-refractivity contribution in [3.05, 3.63) is 47.2 Å². The molecule has 0 fully saturated rings. The predicted molar refractivity (Wildman–Crippen MR) is 59.9 cm³/mol. The van der Waals surface area contributed by atoms with Crippen LogP contribution in [-0.4, -0.2) is 27.2 Å². The summed E-state index contributed by atoms with van der Waals surface area (Å²) in [5.74, 6) is -4.26. The molecule has 19 heavy (non-hydrogen) atoms. The van der Waals surface area contributed by atoms with E-state index in [0.29, 0.717) is 6.07 Å². The number of rotatable bonds is 3. The lowest BCUT2D eigenvalue weighted by Gasteiger charge is -2.05. The number of carboxylic acids is 1. The number of aromatic carboxylic acids is 1. The fraction of sp³-hybridized carbons (Fsp3) is 0. The van der Waals surface area contributed by atoms with E-state index in [-0.39, 0.29) is 11.4 Å². The van der Waals surface area contributed by atoms with E-state index in [2.05, 4.69) is 15.5 Å². The maximum Gasteiger partial charge on any atom is 0.341 e. The van der Waals surface area contributed by atoms with Gasteiger partial charge >= 0.3 is 5.97 Å². The Morgan fingerprint density at radius 1 is 1.26 bits per heavy atom. The molecular formula is C11H7F2N3O3. The zero-order valence-electron chi connectivity index (χ0n) is 9.28. The van der Waals surface area contributed by atoms with Crippen LogP contribution in [0.4, 0.5) is 14.6 Å². The van der Waals surface area contributed by atoms with Gasteiger partial charge in [-0.1, -0.05) is 0 Å². The summed E-state index contributed by atoms with van der Waals surface area (Å²) in [6.07, 6.45) is 0.999. The van der Waals surface area contributed by atoms with Crippen LogP contribution in [-0.2, 0) is 0 Å². The van der Waals surface area contributed by atoms with Crippen LogP contribution in [0.1, 0.15) is 20.7 Å². The minimum atomic E-state index is -1.30. The van der Waals surface area contributed by atoms with E-state index in [1.54, 1.807) is 0 Å². The van der Waals surface area contributed by atoms with Gasteiger partial charge in [0.15, 0.2) is 0 Å². The van der Waals surface area contributed by atoms with Gasteiger partial charge in [0, 0.05) is 6.07 Å². The Morgan fingerprint density at radius 2 is 2.00 bits per heavy atom. The maximum absolute atomic E-state index is 13.3. The van der Waals surface area contributed by atoms with Crippen LogP contribution in [0.2, 0.25) is 0 Å². The molecule has 8 heteroatoms. The second kappa shape index (κ2) is 4.84. The monoisotopic (exact) mass is 267 g/mol. The molecule has 0 bridgehead atoms. The first kappa shape index (κ1) is 12.7. The SMILES string of the molecule is O=C(Nc1[nH]ncc1C(=O)O)c1ccc(F)cc1F. The van der Waals surface area contributed by atoms with Crippen molar-refractivity contribution in [2.45, 2.75) is 0 Å². The first-order valence-electron chi connectivity index (χ1n) is 5.02. The molecule has 0 aliphatic heterocycles. The number of H-pyrrole nitrogens is 1. The molecule has 0 radical (unpaired) electrons. The van der Waals surface area contributed by atoms with Gasteiger partial charge in [0.25, 0.3) is 5.91 Å². The van der Waals surface area contributed by atoms with Crippen LogP contribution < -0.4 is 5.32 Å². The van der Waals surface area contributed by atoms with Crippen LogP contribution >= 0.6 is 0 Å². The topological polar surface area (TPSA) is 95.1 Å². The van der Waals surface area contributed by atoms with Gasteiger partial charge in [-0.25, -0.2) is 13.6 Å². The number of aromatic nitrogens is 2. The number of carboxylic acid groups (broad SMARTS) is 1. The van der Waals surface area contributed by atoms with E-state index >= 15 is 0 Å². The number of nitrogens with zero attached hydrogens (tertiary/aromatic N) is 1. The number of anilines is 1. The summed E-state index contributed by atoms with van der Waals surface area (Å²) in [6, 6.07) is 2.43. The van der Waals surface area contributed by atoms with Crippen LogP contribution in [0, 0.1) is 11.6 Å². The van der Waals surface area contributed by atoms with Crippen molar-refractivity contribution in [2.75, 3.05) is 5.32 Å². The second-order valence-electron chi connectivity index (χ2n) is 3.54. The van der Waals surface area contributed by atoms with Crippen molar-refractivity contribution < 1.29 is 23.5 Å². The quantitative estimate of drug-likeness (QED) is 0.787. The van der Waals surface area contributed by atoms with E-state index < -0.39 is 29.1 Å². The highest BCUT2D eigenvalue weighted by Gasteiger charge is 2.18. The van der Waals surface area contributed by atoms with Gasteiger partial charge in [-0.15, -0.1) is 0 Å². The summed E-state index contributed by atoms with van der Waals surface area (Å²) < 4.78 is 26.0. The van der Waals surface area contributed by atoms with Gasteiger partial charge in [-0.2, -0.15) is 5.10 Å². The number of hydrogen-bond acceptors (Lipinski definition) is 3. The highest BCUT2D eigenvalue weighted by molar-refractivity contribution is 6.06. The van der Waals surface area contributed by atoms with Crippen molar-refractivity contribution in [1.29, 1.82) is 0 Å². The Balaban J connectivity index is 2.26. The summed E-state index contributed by atoms with van der Waals surface area (Å²) in [4.78, 5) is 22.5. The Kier molecular flexibility index (Phi) is 3.23. The Labute approximate surface area is 105 Å². The molecule has 3 N–H and O–H groups in total. The molecule has 1 heterocycles. The van der Waals surface area contributed by atoms with E-state index in [4.69, 9.17) is 5.11 Å². The molecule has 1 aromatic heterocycles. The lowest BCUT2D eigenvalue weighted by molar-refractivity contribution is 0.0698. The summed E-state index contributed by atoms with van der Waals surface area (Å²) in [6.45, 7) is 0. The maximum atomic E-state index is 13.3. The Bertz CT molecular complexity index is 654. The minimum Gasteiger partial charge on any atom is -0.477 e. The molecular weight excluding hydrogens is 260 g/mol.